The van der Waals surface area contributed by atoms with Crippen molar-refractivity contribution in [2.24, 2.45) is 5.92 Å². The lowest BCUT2D eigenvalue weighted by molar-refractivity contribution is 0.132. The zero-order valence-corrected chi connectivity index (χ0v) is 13.5. The summed E-state index contributed by atoms with van der Waals surface area (Å²) in [6.45, 7) is 3.86. The number of aliphatic hydroxyl groups is 1. The maximum Gasteiger partial charge on any atom is 0.317 e. The Morgan fingerprint density at radius 3 is 2.83 bits per heavy atom. The Balaban J connectivity index is 1.77. The first-order chi connectivity index (χ1) is 11.1. The SMILES string of the molecule is CCC(CNC(=O)N1CCC(CO)CC1)Oc1cccc(F)c1. The second-order valence-corrected chi connectivity index (χ2v) is 5.90. The van der Waals surface area contributed by atoms with Gasteiger partial charge in [0.1, 0.15) is 17.7 Å². The summed E-state index contributed by atoms with van der Waals surface area (Å²) in [7, 11) is 0. The number of rotatable bonds is 6. The Labute approximate surface area is 136 Å². The summed E-state index contributed by atoms with van der Waals surface area (Å²) in [6, 6.07) is 5.90. The van der Waals surface area contributed by atoms with Crippen LogP contribution in [0, 0.1) is 11.7 Å². The Morgan fingerprint density at radius 2 is 2.22 bits per heavy atom. The van der Waals surface area contributed by atoms with Crippen molar-refractivity contribution in [1.82, 2.24) is 10.2 Å². The van der Waals surface area contributed by atoms with Crippen LogP contribution in [0.15, 0.2) is 24.3 Å². The van der Waals surface area contributed by atoms with Gasteiger partial charge in [0.2, 0.25) is 0 Å². The van der Waals surface area contributed by atoms with Crippen molar-refractivity contribution < 1.29 is 19.0 Å². The standard InChI is InChI=1S/C17H25FN2O3/c1-2-15(23-16-5-3-4-14(18)10-16)11-19-17(22)20-8-6-13(12-21)7-9-20/h3-5,10,13,15,21H,2,6-9,11-12H2,1H3,(H,19,22). The van der Waals surface area contributed by atoms with Gasteiger partial charge < -0.3 is 20.1 Å². The Kier molecular flexibility index (Phi) is 6.65. The molecule has 2 amide bonds. The largest absolute Gasteiger partial charge is 0.489 e. The number of hydrogen-bond acceptors (Lipinski definition) is 3. The number of benzene rings is 1. The van der Waals surface area contributed by atoms with Gasteiger partial charge in [-0.3, -0.25) is 0 Å². The van der Waals surface area contributed by atoms with Gasteiger partial charge in [-0.2, -0.15) is 0 Å². The number of hydrogen-bond donors (Lipinski definition) is 2. The van der Waals surface area contributed by atoms with E-state index in [9.17, 15) is 9.18 Å². The molecule has 1 aromatic rings. The number of aliphatic hydroxyl groups excluding tert-OH is 1. The zero-order valence-electron chi connectivity index (χ0n) is 13.5. The molecule has 0 spiro atoms. The second-order valence-electron chi connectivity index (χ2n) is 5.90. The second kappa shape index (κ2) is 8.72. The maximum atomic E-state index is 13.2. The molecule has 2 N–H and O–H groups in total. The van der Waals surface area contributed by atoms with Crippen LogP contribution in [-0.2, 0) is 0 Å². The molecule has 5 nitrogen and oxygen atoms in total. The van der Waals surface area contributed by atoms with Crippen LogP contribution in [0.4, 0.5) is 9.18 Å². The topological polar surface area (TPSA) is 61.8 Å². The van der Waals surface area contributed by atoms with Crippen LogP contribution >= 0.6 is 0 Å². The average Bonchev–Trinajstić information content (AvgIpc) is 2.58. The van der Waals surface area contributed by atoms with Gasteiger partial charge in [-0.05, 0) is 37.3 Å². The summed E-state index contributed by atoms with van der Waals surface area (Å²) in [5.74, 6) is 0.432. The molecule has 0 saturated carbocycles. The highest BCUT2D eigenvalue weighted by Crippen LogP contribution is 2.17. The van der Waals surface area contributed by atoms with Crippen molar-refractivity contribution in [3.63, 3.8) is 0 Å². The van der Waals surface area contributed by atoms with Crippen LogP contribution in [-0.4, -0.2) is 48.4 Å². The molecule has 1 aromatic carbocycles. The Bertz CT molecular complexity index is 504. The average molecular weight is 324 g/mol. The lowest BCUT2D eigenvalue weighted by Gasteiger charge is -2.31. The maximum absolute atomic E-state index is 13.2. The number of carbonyl (C=O) groups excluding carboxylic acids is 1. The number of carbonyl (C=O) groups is 1. The predicted octanol–water partition coefficient (Wildman–Crippen LogP) is 2.40. The van der Waals surface area contributed by atoms with E-state index in [2.05, 4.69) is 5.32 Å². The molecule has 0 aliphatic carbocycles. The van der Waals surface area contributed by atoms with Crippen LogP contribution in [0.3, 0.4) is 0 Å². The van der Waals surface area contributed by atoms with Gasteiger partial charge in [-0.25, -0.2) is 9.18 Å². The molecule has 1 atom stereocenters. The fourth-order valence-corrected chi connectivity index (χ4v) is 2.63. The number of urea groups is 1. The molecule has 128 valence electrons. The number of likely N-dealkylation sites (tertiary alicyclic amines) is 1. The summed E-state index contributed by atoms with van der Waals surface area (Å²) >= 11 is 0. The zero-order chi connectivity index (χ0) is 16.7. The van der Waals surface area contributed by atoms with Crippen LogP contribution < -0.4 is 10.1 Å². The smallest absolute Gasteiger partial charge is 0.317 e. The van der Waals surface area contributed by atoms with Crippen molar-refractivity contribution in [1.29, 1.82) is 0 Å². The van der Waals surface area contributed by atoms with Crippen LogP contribution in [0.5, 0.6) is 5.75 Å². The lowest BCUT2D eigenvalue weighted by Crippen LogP contribution is -2.47. The third-order valence-corrected chi connectivity index (χ3v) is 4.20. The Morgan fingerprint density at radius 1 is 1.48 bits per heavy atom. The van der Waals surface area contributed by atoms with E-state index in [1.165, 1.54) is 12.1 Å². The van der Waals surface area contributed by atoms with Crippen molar-refractivity contribution in [2.75, 3.05) is 26.2 Å². The molecule has 23 heavy (non-hydrogen) atoms. The first-order valence-corrected chi connectivity index (χ1v) is 8.18. The molecular formula is C17H25FN2O3. The molecule has 2 rings (SSSR count). The number of piperidine rings is 1. The highest BCUT2D eigenvalue weighted by Gasteiger charge is 2.22. The summed E-state index contributed by atoms with van der Waals surface area (Å²) in [5, 5.41) is 12.0. The number of nitrogens with zero attached hydrogens (tertiary/aromatic N) is 1. The van der Waals surface area contributed by atoms with Crippen LogP contribution in [0.25, 0.3) is 0 Å². The van der Waals surface area contributed by atoms with E-state index in [-0.39, 0.29) is 24.6 Å². The molecule has 0 radical (unpaired) electrons. The van der Waals surface area contributed by atoms with Crippen molar-refractivity contribution >= 4 is 6.03 Å². The first-order valence-electron chi connectivity index (χ1n) is 8.18. The van der Waals surface area contributed by atoms with E-state index in [1.807, 2.05) is 6.92 Å². The molecule has 1 heterocycles. The van der Waals surface area contributed by atoms with E-state index >= 15 is 0 Å². The number of amides is 2. The third kappa shape index (κ3) is 5.39. The van der Waals surface area contributed by atoms with Gasteiger partial charge >= 0.3 is 6.03 Å². The first kappa shape index (κ1) is 17.5. The van der Waals surface area contributed by atoms with Gasteiger partial charge in [0.05, 0.1) is 6.54 Å². The van der Waals surface area contributed by atoms with E-state index in [0.29, 0.717) is 37.7 Å². The highest BCUT2D eigenvalue weighted by molar-refractivity contribution is 5.74. The molecule has 1 aliphatic heterocycles. The van der Waals surface area contributed by atoms with Gasteiger partial charge in [0.15, 0.2) is 0 Å². The van der Waals surface area contributed by atoms with E-state index in [1.54, 1.807) is 17.0 Å². The van der Waals surface area contributed by atoms with E-state index in [4.69, 9.17) is 9.84 Å². The fraction of sp³-hybridized carbons (Fsp3) is 0.588. The molecule has 0 bridgehead atoms. The van der Waals surface area contributed by atoms with E-state index < -0.39 is 0 Å². The van der Waals surface area contributed by atoms with Crippen molar-refractivity contribution in [3.05, 3.63) is 30.1 Å². The fourth-order valence-electron chi connectivity index (χ4n) is 2.63. The number of halogens is 1. The van der Waals surface area contributed by atoms with Gasteiger partial charge in [0, 0.05) is 25.8 Å². The minimum Gasteiger partial charge on any atom is -0.489 e. The molecular weight excluding hydrogens is 299 g/mol. The van der Waals surface area contributed by atoms with Crippen molar-refractivity contribution in [3.8, 4) is 5.75 Å². The van der Waals surface area contributed by atoms with Gasteiger partial charge in [-0.15, -0.1) is 0 Å². The van der Waals surface area contributed by atoms with E-state index in [0.717, 1.165) is 12.8 Å². The normalized spacial score (nSPS) is 16.9. The lowest BCUT2D eigenvalue weighted by atomic mass is 9.98. The molecule has 1 unspecified atom stereocenters. The Hall–Kier alpha value is -1.82. The van der Waals surface area contributed by atoms with Crippen molar-refractivity contribution in [2.45, 2.75) is 32.3 Å². The molecule has 0 aromatic heterocycles. The van der Waals surface area contributed by atoms with Crippen LogP contribution in [0.1, 0.15) is 26.2 Å². The third-order valence-electron chi connectivity index (χ3n) is 4.20. The highest BCUT2D eigenvalue weighted by atomic mass is 19.1. The van der Waals surface area contributed by atoms with Crippen LogP contribution in [0.2, 0.25) is 0 Å². The summed E-state index contributed by atoms with van der Waals surface area (Å²) < 4.78 is 18.9. The molecule has 1 fully saturated rings. The van der Waals surface area contributed by atoms with Gasteiger partial charge in [-0.1, -0.05) is 13.0 Å². The number of ether oxygens (including phenoxy) is 1. The summed E-state index contributed by atoms with van der Waals surface area (Å²) in [6.07, 6.45) is 2.18. The monoisotopic (exact) mass is 324 g/mol. The summed E-state index contributed by atoms with van der Waals surface area (Å²) in [4.78, 5) is 13.9. The van der Waals surface area contributed by atoms with Gasteiger partial charge in [0.25, 0.3) is 0 Å². The quantitative estimate of drug-likeness (QED) is 0.845. The number of nitrogens with one attached hydrogen (secondary N) is 1. The minimum absolute atomic E-state index is 0.109. The predicted molar refractivity (Wildman–Crippen MR) is 85.9 cm³/mol. The molecule has 1 aliphatic rings. The molecule has 1 saturated heterocycles. The summed E-state index contributed by atoms with van der Waals surface area (Å²) in [5.41, 5.74) is 0. The minimum atomic E-state index is -0.340. The molecule has 6 heteroatoms.